The zero-order valence-corrected chi connectivity index (χ0v) is 14.6. The Morgan fingerprint density at radius 1 is 1.29 bits per heavy atom. The van der Waals surface area contributed by atoms with Gasteiger partial charge >= 0.3 is 0 Å². The van der Waals surface area contributed by atoms with E-state index in [1.54, 1.807) is 0 Å². The second-order valence-electron chi connectivity index (χ2n) is 7.34. The number of likely N-dealkylation sites (tertiary alicyclic amines) is 1. The minimum atomic E-state index is 0.125. The molecule has 0 aromatic heterocycles. The van der Waals surface area contributed by atoms with E-state index < -0.39 is 0 Å². The summed E-state index contributed by atoms with van der Waals surface area (Å²) in [5, 5.41) is 3.64. The Labute approximate surface area is 144 Å². The zero-order chi connectivity index (χ0) is 16.5. The van der Waals surface area contributed by atoms with E-state index in [9.17, 15) is 0 Å². The van der Waals surface area contributed by atoms with E-state index in [-0.39, 0.29) is 12.3 Å². The highest BCUT2D eigenvalue weighted by Gasteiger charge is 2.32. The van der Waals surface area contributed by atoms with Gasteiger partial charge in [-0.15, -0.1) is 0 Å². The minimum absolute atomic E-state index is 0.125. The summed E-state index contributed by atoms with van der Waals surface area (Å²) < 4.78 is 6.36. The summed E-state index contributed by atoms with van der Waals surface area (Å²) in [4.78, 5) is 6.72. The highest BCUT2D eigenvalue weighted by Crippen LogP contribution is 2.31. The molecule has 0 amide bonds. The molecule has 4 rings (SSSR count). The molecule has 3 N–H and O–H groups in total. The molecule has 0 aromatic carbocycles. The third kappa shape index (κ3) is 3.11. The molecule has 0 aromatic rings. The van der Waals surface area contributed by atoms with Crippen LogP contribution in [0.1, 0.15) is 45.4 Å². The first-order valence-corrected chi connectivity index (χ1v) is 9.34. The van der Waals surface area contributed by atoms with Gasteiger partial charge in [-0.1, -0.05) is 5.73 Å². The lowest BCUT2D eigenvalue weighted by atomic mass is 9.93. The number of dihydropyridines is 1. The molecule has 5 nitrogen and oxygen atoms in total. The quantitative estimate of drug-likeness (QED) is 0.763. The molecule has 3 aliphatic heterocycles. The SMILES string of the molecule is CC1OC(C2CCN(C3=C(N)C=NCC3)CC2)NC2=C=C1CCC2. The molecule has 1 aliphatic carbocycles. The number of nitrogens with one attached hydrogen (secondary N) is 1. The van der Waals surface area contributed by atoms with E-state index in [0.29, 0.717) is 5.92 Å². The predicted octanol–water partition coefficient (Wildman–Crippen LogP) is 2.27. The lowest BCUT2D eigenvalue weighted by molar-refractivity contribution is -0.0448. The van der Waals surface area contributed by atoms with Crippen molar-refractivity contribution < 1.29 is 4.74 Å². The van der Waals surface area contributed by atoms with Gasteiger partial charge in [-0.25, -0.2) is 0 Å². The van der Waals surface area contributed by atoms with Gasteiger partial charge in [0.05, 0.1) is 17.5 Å². The molecule has 1 fully saturated rings. The summed E-state index contributed by atoms with van der Waals surface area (Å²) in [5.74, 6) is 0.553. The Kier molecular flexibility index (Phi) is 4.38. The lowest BCUT2D eigenvalue weighted by Crippen LogP contribution is -2.45. The van der Waals surface area contributed by atoms with Gasteiger partial charge in [0.25, 0.3) is 0 Å². The van der Waals surface area contributed by atoms with E-state index in [1.165, 1.54) is 23.4 Å². The summed E-state index contributed by atoms with van der Waals surface area (Å²) in [6.07, 6.45) is 8.85. The van der Waals surface area contributed by atoms with Gasteiger partial charge in [0.2, 0.25) is 0 Å². The summed E-state index contributed by atoms with van der Waals surface area (Å²) in [6.45, 7) is 5.16. The first-order valence-electron chi connectivity index (χ1n) is 9.34. The van der Waals surface area contributed by atoms with Crippen LogP contribution in [-0.2, 0) is 4.74 Å². The van der Waals surface area contributed by atoms with Crippen LogP contribution < -0.4 is 11.1 Å². The van der Waals surface area contributed by atoms with Crippen LogP contribution in [-0.4, -0.2) is 43.1 Å². The van der Waals surface area contributed by atoms with Crippen molar-refractivity contribution in [1.29, 1.82) is 0 Å². The van der Waals surface area contributed by atoms with Crippen molar-refractivity contribution in [2.24, 2.45) is 16.6 Å². The monoisotopic (exact) mass is 328 g/mol. The number of allylic oxidation sites excluding steroid dienone is 1. The maximum atomic E-state index is 6.36. The highest BCUT2D eigenvalue weighted by atomic mass is 16.5. The molecule has 3 heterocycles. The fourth-order valence-electron chi connectivity index (χ4n) is 4.29. The number of rotatable bonds is 2. The molecule has 1 saturated heterocycles. The Hall–Kier alpha value is -1.71. The van der Waals surface area contributed by atoms with Crippen LogP contribution in [0.5, 0.6) is 0 Å². The van der Waals surface area contributed by atoms with E-state index in [2.05, 4.69) is 27.9 Å². The van der Waals surface area contributed by atoms with Crippen molar-refractivity contribution in [3.8, 4) is 0 Å². The van der Waals surface area contributed by atoms with Gasteiger partial charge in [-0.05, 0) is 39.0 Å². The van der Waals surface area contributed by atoms with E-state index in [4.69, 9.17) is 10.5 Å². The molecule has 0 radical (unpaired) electrons. The predicted molar refractivity (Wildman–Crippen MR) is 95.3 cm³/mol. The van der Waals surface area contributed by atoms with Crippen LogP contribution in [0, 0.1) is 5.92 Å². The topological polar surface area (TPSA) is 62.9 Å². The molecule has 4 aliphatic rings. The van der Waals surface area contributed by atoms with Crippen molar-refractivity contribution in [2.75, 3.05) is 19.6 Å². The number of aliphatic imine (C=N–C) groups is 1. The number of hydrogen-bond donors (Lipinski definition) is 2. The lowest BCUT2D eigenvalue weighted by Gasteiger charge is -2.39. The fraction of sp³-hybridized carbons (Fsp3) is 0.684. The highest BCUT2D eigenvalue weighted by molar-refractivity contribution is 5.79. The van der Waals surface area contributed by atoms with Crippen molar-refractivity contribution in [2.45, 2.75) is 57.8 Å². The van der Waals surface area contributed by atoms with Gasteiger partial charge < -0.3 is 20.7 Å². The van der Waals surface area contributed by atoms with Crippen LogP contribution in [0.4, 0.5) is 0 Å². The number of ether oxygens (including phenoxy) is 1. The maximum Gasteiger partial charge on any atom is 0.131 e. The minimum Gasteiger partial charge on any atom is -0.396 e. The molecule has 2 bridgehead atoms. The van der Waals surface area contributed by atoms with Crippen LogP contribution >= 0.6 is 0 Å². The Balaban J connectivity index is 1.40. The van der Waals surface area contributed by atoms with E-state index >= 15 is 0 Å². The molecule has 5 heteroatoms. The van der Waals surface area contributed by atoms with Crippen LogP contribution in [0.15, 0.2) is 33.4 Å². The second-order valence-corrected chi connectivity index (χ2v) is 7.34. The van der Waals surface area contributed by atoms with E-state index in [1.807, 2.05) is 6.21 Å². The number of nitrogens with zero attached hydrogens (tertiary/aromatic N) is 2. The maximum absolute atomic E-state index is 6.36. The molecule has 2 atom stereocenters. The van der Waals surface area contributed by atoms with Gasteiger partial charge in [-0.3, -0.25) is 4.99 Å². The van der Waals surface area contributed by atoms with Crippen LogP contribution in [0.2, 0.25) is 0 Å². The smallest absolute Gasteiger partial charge is 0.131 e. The van der Waals surface area contributed by atoms with Crippen molar-refractivity contribution >= 4 is 6.21 Å². The van der Waals surface area contributed by atoms with Gasteiger partial charge in [-0.2, -0.15) is 0 Å². The Morgan fingerprint density at radius 2 is 2.12 bits per heavy atom. The number of piperidine rings is 1. The molecular formula is C19H28N4O. The van der Waals surface area contributed by atoms with Crippen LogP contribution in [0.25, 0.3) is 0 Å². The fourth-order valence-corrected chi connectivity index (χ4v) is 4.29. The number of hydrogen-bond acceptors (Lipinski definition) is 5. The van der Waals surface area contributed by atoms with Crippen molar-refractivity contribution in [3.63, 3.8) is 0 Å². The third-order valence-corrected chi connectivity index (χ3v) is 5.73. The zero-order valence-electron chi connectivity index (χ0n) is 14.6. The molecule has 2 unspecified atom stereocenters. The average molecular weight is 328 g/mol. The molecular weight excluding hydrogens is 300 g/mol. The Bertz CT molecular complexity index is 621. The molecule has 130 valence electrons. The number of nitrogens with two attached hydrogens (primary N) is 1. The largest absolute Gasteiger partial charge is 0.396 e. The van der Waals surface area contributed by atoms with Crippen LogP contribution in [0.3, 0.4) is 0 Å². The van der Waals surface area contributed by atoms with Gasteiger partial charge in [0, 0.05) is 49.5 Å². The summed E-state index contributed by atoms with van der Waals surface area (Å²) in [5.41, 5.74) is 14.4. The summed E-state index contributed by atoms with van der Waals surface area (Å²) in [7, 11) is 0. The van der Waals surface area contributed by atoms with Gasteiger partial charge in [0.15, 0.2) is 0 Å². The van der Waals surface area contributed by atoms with E-state index in [0.717, 1.165) is 57.4 Å². The summed E-state index contributed by atoms with van der Waals surface area (Å²) in [6, 6.07) is 0. The molecule has 0 spiro atoms. The van der Waals surface area contributed by atoms with Crippen molar-refractivity contribution in [1.82, 2.24) is 10.2 Å². The first-order chi connectivity index (χ1) is 11.7. The first kappa shape index (κ1) is 15.8. The average Bonchev–Trinajstić information content (AvgIpc) is 2.72. The van der Waals surface area contributed by atoms with Gasteiger partial charge in [0.1, 0.15) is 6.23 Å². The second kappa shape index (κ2) is 6.66. The Morgan fingerprint density at radius 3 is 2.92 bits per heavy atom. The normalized spacial score (nSPS) is 31.3. The molecule has 24 heavy (non-hydrogen) atoms. The molecule has 0 saturated carbocycles. The van der Waals surface area contributed by atoms with Crippen molar-refractivity contribution in [3.05, 3.63) is 28.4 Å². The standard InChI is InChI=1S/C19H28N4O/c1-13-15-3-2-4-16(11-15)22-19(24-13)14-6-9-23(10-7-14)18-5-8-21-12-17(18)20/h12-14,19,22H,2-10,20H2,1H3. The summed E-state index contributed by atoms with van der Waals surface area (Å²) >= 11 is 0. The third-order valence-electron chi connectivity index (χ3n) is 5.73.